The summed E-state index contributed by atoms with van der Waals surface area (Å²) in [6.07, 6.45) is 2.56. The van der Waals surface area contributed by atoms with Crippen LogP contribution in [0.25, 0.3) is 11.2 Å². The first kappa shape index (κ1) is 15.0. The molecule has 110 valence electrons. The number of aromatic nitrogens is 4. The molecular weight excluding hydrogens is 276 g/mol. The van der Waals surface area contributed by atoms with Gasteiger partial charge in [-0.3, -0.25) is 0 Å². The predicted molar refractivity (Wildman–Crippen MR) is 80.2 cm³/mol. The molecule has 0 N–H and O–H groups in total. The SMILES string of the molecule is CCC(C)(C)Cn1c(C(C)Cl)nc2c(OC)ncnc21. The number of halogens is 1. The van der Waals surface area contributed by atoms with Gasteiger partial charge in [0.25, 0.3) is 0 Å². The Balaban J connectivity index is 2.64. The minimum absolute atomic E-state index is 0.145. The molecule has 1 atom stereocenters. The molecule has 0 aliphatic carbocycles. The molecule has 0 saturated heterocycles. The van der Waals surface area contributed by atoms with Crippen LogP contribution in [0, 0.1) is 5.41 Å². The lowest BCUT2D eigenvalue weighted by Gasteiger charge is -2.24. The third kappa shape index (κ3) is 2.73. The van der Waals surface area contributed by atoms with E-state index in [1.165, 1.54) is 6.33 Å². The average Bonchev–Trinajstić information content (AvgIpc) is 2.77. The largest absolute Gasteiger partial charge is 0.479 e. The van der Waals surface area contributed by atoms with Gasteiger partial charge in [-0.15, -0.1) is 11.6 Å². The Bertz CT molecular complexity index is 606. The van der Waals surface area contributed by atoms with E-state index >= 15 is 0 Å². The molecule has 0 amide bonds. The van der Waals surface area contributed by atoms with Crippen molar-refractivity contribution >= 4 is 22.8 Å². The summed E-state index contributed by atoms with van der Waals surface area (Å²) in [6, 6.07) is 0. The Morgan fingerprint density at radius 2 is 2.10 bits per heavy atom. The summed E-state index contributed by atoms with van der Waals surface area (Å²) < 4.78 is 7.35. The van der Waals surface area contributed by atoms with Crippen LogP contribution in [-0.2, 0) is 6.54 Å². The van der Waals surface area contributed by atoms with Crippen molar-refractivity contribution in [2.24, 2.45) is 5.41 Å². The Morgan fingerprint density at radius 3 is 2.65 bits per heavy atom. The number of methoxy groups -OCH3 is 1. The van der Waals surface area contributed by atoms with Gasteiger partial charge in [0, 0.05) is 6.54 Å². The standard InChI is InChI=1S/C14H21ClN4O/c1-6-14(3,4)7-19-11(9(2)15)18-10-12(19)16-8-17-13(10)20-5/h8-9H,6-7H2,1-5H3. The summed E-state index contributed by atoms with van der Waals surface area (Å²) in [7, 11) is 1.58. The third-order valence-corrected chi connectivity index (χ3v) is 3.82. The fourth-order valence-electron chi connectivity index (χ4n) is 2.08. The lowest BCUT2D eigenvalue weighted by molar-refractivity contribution is 0.293. The molecule has 0 saturated carbocycles. The molecule has 0 fully saturated rings. The van der Waals surface area contributed by atoms with Crippen LogP contribution >= 0.6 is 11.6 Å². The van der Waals surface area contributed by atoms with Gasteiger partial charge in [-0.05, 0) is 18.8 Å². The zero-order valence-corrected chi connectivity index (χ0v) is 13.4. The minimum atomic E-state index is -0.193. The molecule has 0 bridgehead atoms. The van der Waals surface area contributed by atoms with Gasteiger partial charge in [-0.1, -0.05) is 20.8 Å². The second-order valence-corrected chi connectivity index (χ2v) is 6.40. The van der Waals surface area contributed by atoms with Gasteiger partial charge < -0.3 is 9.30 Å². The highest BCUT2D eigenvalue weighted by atomic mass is 35.5. The third-order valence-electron chi connectivity index (χ3n) is 3.62. The molecule has 0 radical (unpaired) electrons. The summed E-state index contributed by atoms with van der Waals surface area (Å²) in [5.41, 5.74) is 1.59. The smallest absolute Gasteiger partial charge is 0.245 e. The number of hydrogen-bond donors (Lipinski definition) is 0. The number of rotatable bonds is 5. The van der Waals surface area contributed by atoms with Crippen molar-refractivity contribution in [2.75, 3.05) is 7.11 Å². The normalized spacial score (nSPS) is 13.7. The maximum Gasteiger partial charge on any atom is 0.245 e. The van der Waals surface area contributed by atoms with Gasteiger partial charge in [-0.25, -0.2) is 9.97 Å². The first-order chi connectivity index (χ1) is 9.39. The molecular formula is C14H21ClN4O. The summed E-state index contributed by atoms with van der Waals surface area (Å²) in [4.78, 5) is 13.0. The molecule has 2 aromatic heterocycles. The maximum atomic E-state index is 6.28. The lowest BCUT2D eigenvalue weighted by atomic mass is 9.90. The van der Waals surface area contributed by atoms with Crippen molar-refractivity contribution in [1.29, 1.82) is 0 Å². The van der Waals surface area contributed by atoms with Crippen LogP contribution in [0.5, 0.6) is 5.88 Å². The maximum absolute atomic E-state index is 6.28. The summed E-state index contributed by atoms with van der Waals surface area (Å²) >= 11 is 6.28. The highest BCUT2D eigenvalue weighted by Gasteiger charge is 2.24. The van der Waals surface area contributed by atoms with E-state index in [9.17, 15) is 0 Å². The number of nitrogens with zero attached hydrogens (tertiary/aromatic N) is 4. The number of fused-ring (bicyclic) bond motifs is 1. The van der Waals surface area contributed by atoms with Crippen molar-refractivity contribution in [3.05, 3.63) is 12.2 Å². The summed E-state index contributed by atoms with van der Waals surface area (Å²) in [5, 5.41) is -0.193. The number of ether oxygens (including phenoxy) is 1. The van der Waals surface area contributed by atoms with E-state index in [-0.39, 0.29) is 10.8 Å². The first-order valence-corrected chi connectivity index (χ1v) is 7.22. The first-order valence-electron chi connectivity index (χ1n) is 6.79. The van der Waals surface area contributed by atoms with Gasteiger partial charge in [0.15, 0.2) is 11.2 Å². The highest BCUT2D eigenvalue weighted by molar-refractivity contribution is 6.20. The zero-order valence-electron chi connectivity index (χ0n) is 12.6. The van der Waals surface area contributed by atoms with Gasteiger partial charge in [0.05, 0.1) is 12.5 Å². The van der Waals surface area contributed by atoms with Crippen LogP contribution in [0.4, 0.5) is 0 Å². The molecule has 20 heavy (non-hydrogen) atoms. The number of imidazole rings is 1. The highest BCUT2D eigenvalue weighted by Crippen LogP contribution is 2.31. The zero-order chi connectivity index (χ0) is 14.9. The van der Waals surface area contributed by atoms with Gasteiger partial charge in [0.2, 0.25) is 5.88 Å². The second-order valence-electron chi connectivity index (χ2n) is 5.75. The number of alkyl halides is 1. The Labute approximate surface area is 124 Å². The predicted octanol–water partition coefficient (Wildman–Crippen LogP) is 3.57. The van der Waals surface area contributed by atoms with Crippen molar-refractivity contribution in [3.8, 4) is 5.88 Å². The number of hydrogen-bond acceptors (Lipinski definition) is 4. The lowest BCUT2D eigenvalue weighted by Crippen LogP contribution is -2.20. The Morgan fingerprint density at radius 1 is 1.40 bits per heavy atom. The van der Waals surface area contributed by atoms with E-state index in [1.54, 1.807) is 7.11 Å². The molecule has 0 spiro atoms. The molecule has 2 aromatic rings. The Hall–Kier alpha value is -1.36. The van der Waals surface area contributed by atoms with Crippen LogP contribution in [0.15, 0.2) is 6.33 Å². The second kappa shape index (κ2) is 5.56. The fraction of sp³-hybridized carbons (Fsp3) is 0.643. The molecule has 0 aromatic carbocycles. The average molecular weight is 297 g/mol. The van der Waals surface area contributed by atoms with Gasteiger partial charge >= 0.3 is 0 Å². The topological polar surface area (TPSA) is 52.8 Å². The van der Waals surface area contributed by atoms with Crippen molar-refractivity contribution < 1.29 is 4.74 Å². The van der Waals surface area contributed by atoms with E-state index in [1.807, 2.05) is 6.92 Å². The molecule has 2 rings (SSSR count). The van der Waals surface area contributed by atoms with Gasteiger partial charge in [0.1, 0.15) is 12.2 Å². The van der Waals surface area contributed by atoms with E-state index in [0.29, 0.717) is 11.4 Å². The molecule has 5 nitrogen and oxygen atoms in total. The van der Waals surface area contributed by atoms with Gasteiger partial charge in [-0.2, -0.15) is 4.98 Å². The van der Waals surface area contributed by atoms with Crippen molar-refractivity contribution in [3.63, 3.8) is 0 Å². The quantitative estimate of drug-likeness (QED) is 0.792. The van der Waals surface area contributed by atoms with Crippen LogP contribution in [0.2, 0.25) is 0 Å². The van der Waals surface area contributed by atoms with E-state index in [0.717, 1.165) is 24.4 Å². The Kier molecular flexibility index (Phi) is 4.18. The van der Waals surface area contributed by atoms with Crippen LogP contribution in [0.3, 0.4) is 0 Å². The van der Waals surface area contributed by atoms with E-state index in [4.69, 9.17) is 16.3 Å². The molecule has 0 aliphatic rings. The summed E-state index contributed by atoms with van der Waals surface area (Å²) in [6.45, 7) is 9.35. The van der Waals surface area contributed by atoms with E-state index < -0.39 is 0 Å². The monoisotopic (exact) mass is 296 g/mol. The van der Waals surface area contributed by atoms with Crippen LogP contribution in [0.1, 0.15) is 45.3 Å². The fourth-order valence-corrected chi connectivity index (χ4v) is 2.25. The molecule has 0 aliphatic heterocycles. The summed E-state index contributed by atoms with van der Waals surface area (Å²) in [5.74, 6) is 1.30. The molecule has 6 heteroatoms. The van der Waals surface area contributed by atoms with Crippen LogP contribution < -0.4 is 4.74 Å². The van der Waals surface area contributed by atoms with Crippen molar-refractivity contribution in [1.82, 2.24) is 19.5 Å². The minimum Gasteiger partial charge on any atom is -0.479 e. The molecule has 1 unspecified atom stereocenters. The van der Waals surface area contributed by atoms with Crippen molar-refractivity contribution in [2.45, 2.75) is 46.0 Å². The van der Waals surface area contributed by atoms with E-state index in [2.05, 4.69) is 40.3 Å². The van der Waals surface area contributed by atoms with Crippen LogP contribution in [-0.4, -0.2) is 26.6 Å². The molecule has 2 heterocycles.